The van der Waals surface area contributed by atoms with Crippen LogP contribution in [0.2, 0.25) is 0 Å². The summed E-state index contributed by atoms with van der Waals surface area (Å²) in [6.07, 6.45) is 1.48. The lowest BCUT2D eigenvalue weighted by atomic mass is 10.2. The maximum atomic E-state index is 12.0. The van der Waals surface area contributed by atoms with Crippen LogP contribution in [0.25, 0.3) is 0 Å². The summed E-state index contributed by atoms with van der Waals surface area (Å²) in [5.74, 6) is -0.00382. The Bertz CT molecular complexity index is 790. The third-order valence-corrected chi connectivity index (χ3v) is 3.58. The van der Waals surface area contributed by atoms with Gasteiger partial charge in [-0.2, -0.15) is 5.10 Å². The Kier molecular flexibility index (Phi) is 6.30. The molecule has 0 atom stereocenters. The van der Waals surface area contributed by atoms with Crippen LogP contribution in [0.4, 0.5) is 0 Å². The maximum absolute atomic E-state index is 12.0. The van der Waals surface area contributed by atoms with E-state index in [1.54, 1.807) is 36.4 Å². The molecule has 0 aromatic heterocycles. The zero-order valence-electron chi connectivity index (χ0n) is 13.1. The fourth-order valence-electron chi connectivity index (χ4n) is 1.86. The Labute approximate surface area is 153 Å². The first-order valence-corrected chi connectivity index (χ1v) is 8.03. The maximum Gasteiger partial charge on any atom is 0.308 e. The van der Waals surface area contributed by atoms with Gasteiger partial charge in [0.1, 0.15) is 0 Å². The Balaban J connectivity index is 2.06. The lowest BCUT2D eigenvalue weighted by Gasteiger charge is -2.08. The van der Waals surface area contributed by atoms with Crippen LogP contribution in [0, 0.1) is 3.57 Å². The van der Waals surface area contributed by atoms with Crippen molar-refractivity contribution in [3.05, 3.63) is 57.2 Å². The fraction of sp³-hybridized carbons (Fsp3) is 0.118. The highest BCUT2D eigenvalue weighted by Gasteiger charge is 2.08. The molecule has 6 nitrogen and oxygen atoms in total. The van der Waals surface area contributed by atoms with Crippen molar-refractivity contribution in [1.29, 1.82) is 0 Å². The van der Waals surface area contributed by atoms with Crippen LogP contribution in [-0.4, -0.2) is 25.2 Å². The summed E-state index contributed by atoms with van der Waals surface area (Å²) in [6, 6.07) is 12.1. The number of nitrogens with zero attached hydrogens (tertiary/aromatic N) is 1. The van der Waals surface area contributed by atoms with Crippen LogP contribution in [-0.2, 0) is 4.79 Å². The van der Waals surface area contributed by atoms with Crippen LogP contribution < -0.4 is 14.9 Å². The molecule has 2 rings (SSSR count). The molecule has 24 heavy (non-hydrogen) atoms. The molecule has 0 unspecified atom stereocenters. The van der Waals surface area contributed by atoms with Crippen LogP contribution >= 0.6 is 22.6 Å². The van der Waals surface area contributed by atoms with Gasteiger partial charge in [0.15, 0.2) is 11.5 Å². The number of amides is 1. The predicted molar refractivity (Wildman–Crippen MR) is 98.5 cm³/mol. The number of ether oxygens (including phenoxy) is 2. The largest absolute Gasteiger partial charge is 0.493 e. The van der Waals surface area contributed by atoms with E-state index < -0.39 is 5.97 Å². The second-order valence-corrected chi connectivity index (χ2v) is 5.96. The van der Waals surface area contributed by atoms with Gasteiger partial charge in [-0.1, -0.05) is 6.07 Å². The van der Waals surface area contributed by atoms with E-state index in [9.17, 15) is 9.59 Å². The Morgan fingerprint density at radius 1 is 1.17 bits per heavy atom. The summed E-state index contributed by atoms with van der Waals surface area (Å²) in [5, 5.41) is 3.92. The van der Waals surface area contributed by atoms with Crippen molar-refractivity contribution in [3.8, 4) is 11.5 Å². The lowest BCUT2D eigenvalue weighted by molar-refractivity contribution is -0.132. The van der Waals surface area contributed by atoms with Crippen LogP contribution in [0.15, 0.2) is 47.6 Å². The first-order valence-electron chi connectivity index (χ1n) is 6.95. The molecular weight excluding hydrogens is 423 g/mol. The van der Waals surface area contributed by atoms with Crippen molar-refractivity contribution in [2.75, 3.05) is 7.11 Å². The topological polar surface area (TPSA) is 77.0 Å². The summed E-state index contributed by atoms with van der Waals surface area (Å²) in [7, 11) is 1.47. The van der Waals surface area contributed by atoms with E-state index in [1.807, 2.05) is 6.07 Å². The molecule has 0 aliphatic carbocycles. The van der Waals surface area contributed by atoms with E-state index in [1.165, 1.54) is 20.2 Å². The number of halogens is 1. The van der Waals surface area contributed by atoms with Gasteiger partial charge < -0.3 is 9.47 Å². The summed E-state index contributed by atoms with van der Waals surface area (Å²) in [6.45, 7) is 1.31. The summed E-state index contributed by atoms with van der Waals surface area (Å²) in [5.41, 5.74) is 3.68. The Morgan fingerprint density at radius 3 is 2.62 bits per heavy atom. The van der Waals surface area contributed by atoms with Crippen molar-refractivity contribution in [3.63, 3.8) is 0 Å². The minimum Gasteiger partial charge on any atom is -0.493 e. The van der Waals surface area contributed by atoms with Gasteiger partial charge in [-0.25, -0.2) is 5.43 Å². The molecule has 0 bridgehead atoms. The minimum atomic E-state index is -0.431. The molecule has 0 aliphatic heterocycles. The number of rotatable bonds is 5. The van der Waals surface area contributed by atoms with Crippen LogP contribution in [0.3, 0.4) is 0 Å². The Morgan fingerprint density at radius 2 is 1.96 bits per heavy atom. The average molecular weight is 438 g/mol. The van der Waals surface area contributed by atoms with Gasteiger partial charge in [-0.05, 0) is 64.6 Å². The van der Waals surface area contributed by atoms with E-state index >= 15 is 0 Å². The molecule has 2 aromatic rings. The number of carbonyl (C=O) groups excluding carboxylic acids is 2. The molecule has 1 amide bonds. The summed E-state index contributed by atoms with van der Waals surface area (Å²) in [4.78, 5) is 23.0. The predicted octanol–water partition coefficient (Wildman–Crippen LogP) is 2.99. The zero-order chi connectivity index (χ0) is 17.5. The summed E-state index contributed by atoms with van der Waals surface area (Å²) < 4.78 is 11.2. The molecule has 0 heterocycles. The average Bonchev–Trinajstić information content (AvgIpc) is 2.55. The zero-order valence-corrected chi connectivity index (χ0v) is 15.2. The number of hydrogen-bond donors (Lipinski definition) is 1. The fourth-order valence-corrected chi connectivity index (χ4v) is 2.41. The quantitative estimate of drug-likeness (QED) is 0.256. The molecule has 0 aliphatic rings. The SMILES string of the molecule is COc1cc(/C=N/NC(=O)c2cccc(I)c2)ccc1OC(C)=O. The molecule has 1 N–H and O–H groups in total. The molecule has 124 valence electrons. The standard InChI is InChI=1S/C17H15IN2O4/c1-11(21)24-15-7-6-12(8-16(15)23-2)10-19-20-17(22)13-4-3-5-14(18)9-13/h3-10H,1-2H3,(H,20,22)/b19-10+. The van der Waals surface area contributed by atoms with Crippen molar-refractivity contribution in [2.24, 2.45) is 5.10 Å². The summed E-state index contributed by atoms with van der Waals surface area (Å²) >= 11 is 2.14. The van der Waals surface area contributed by atoms with E-state index in [4.69, 9.17) is 9.47 Å². The molecule has 0 spiro atoms. The highest BCUT2D eigenvalue weighted by Crippen LogP contribution is 2.27. The van der Waals surface area contributed by atoms with Gasteiger partial charge in [-0.3, -0.25) is 9.59 Å². The van der Waals surface area contributed by atoms with E-state index in [2.05, 4.69) is 33.1 Å². The van der Waals surface area contributed by atoms with Gasteiger partial charge in [0.25, 0.3) is 5.91 Å². The third-order valence-electron chi connectivity index (χ3n) is 2.91. The smallest absolute Gasteiger partial charge is 0.308 e. The van der Waals surface area contributed by atoms with Crippen molar-refractivity contribution >= 4 is 40.7 Å². The molecule has 0 saturated carbocycles. The van der Waals surface area contributed by atoms with Crippen LogP contribution in [0.1, 0.15) is 22.8 Å². The van der Waals surface area contributed by atoms with Gasteiger partial charge in [0, 0.05) is 16.1 Å². The second-order valence-electron chi connectivity index (χ2n) is 4.71. The molecule has 2 aromatic carbocycles. The van der Waals surface area contributed by atoms with E-state index in [0.29, 0.717) is 22.6 Å². The normalized spacial score (nSPS) is 10.5. The molecule has 0 saturated heterocycles. The third kappa shape index (κ3) is 5.05. The number of benzene rings is 2. The minimum absolute atomic E-state index is 0.298. The highest BCUT2D eigenvalue weighted by atomic mass is 127. The number of esters is 1. The van der Waals surface area contributed by atoms with Gasteiger partial charge in [-0.15, -0.1) is 0 Å². The van der Waals surface area contributed by atoms with Crippen molar-refractivity contribution in [2.45, 2.75) is 6.92 Å². The number of carbonyl (C=O) groups is 2. The second kappa shape index (κ2) is 8.44. The van der Waals surface area contributed by atoms with Gasteiger partial charge in [0.05, 0.1) is 13.3 Å². The van der Waals surface area contributed by atoms with Crippen LogP contribution in [0.5, 0.6) is 11.5 Å². The number of hydrogen-bond acceptors (Lipinski definition) is 5. The number of methoxy groups -OCH3 is 1. The number of nitrogens with one attached hydrogen (secondary N) is 1. The Hall–Kier alpha value is -2.42. The van der Waals surface area contributed by atoms with Crippen molar-refractivity contribution in [1.82, 2.24) is 5.43 Å². The molecular formula is C17H15IN2O4. The molecule has 0 radical (unpaired) electrons. The van der Waals surface area contributed by atoms with E-state index in [0.717, 1.165) is 3.57 Å². The van der Waals surface area contributed by atoms with E-state index in [-0.39, 0.29) is 5.91 Å². The number of hydrazone groups is 1. The van der Waals surface area contributed by atoms with Crippen molar-refractivity contribution < 1.29 is 19.1 Å². The molecule has 0 fully saturated rings. The molecule has 7 heteroatoms. The lowest BCUT2D eigenvalue weighted by Crippen LogP contribution is -2.17. The monoisotopic (exact) mass is 438 g/mol. The first kappa shape index (κ1) is 17.9. The van der Waals surface area contributed by atoms with Gasteiger partial charge >= 0.3 is 5.97 Å². The highest BCUT2D eigenvalue weighted by molar-refractivity contribution is 14.1. The first-order chi connectivity index (χ1) is 11.5. The van der Waals surface area contributed by atoms with Gasteiger partial charge in [0.2, 0.25) is 0 Å².